The number of amides is 2. The molecule has 0 aliphatic carbocycles. The number of pyridine rings is 1. The Labute approximate surface area is 169 Å². The summed E-state index contributed by atoms with van der Waals surface area (Å²) in [4.78, 5) is 30.1. The molecule has 0 bridgehead atoms. The van der Waals surface area contributed by atoms with Crippen molar-refractivity contribution in [1.29, 1.82) is 0 Å². The monoisotopic (exact) mass is 396 g/mol. The fourth-order valence-corrected chi connectivity index (χ4v) is 3.64. The van der Waals surface area contributed by atoms with Gasteiger partial charge in [-0.2, -0.15) is 0 Å². The van der Waals surface area contributed by atoms with Crippen LogP contribution in [0.3, 0.4) is 0 Å². The summed E-state index contributed by atoms with van der Waals surface area (Å²) in [6, 6.07) is 10.8. The van der Waals surface area contributed by atoms with Crippen molar-refractivity contribution in [2.45, 2.75) is 25.6 Å². The Morgan fingerprint density at radius 3 is 2.34 bits per heavy atom. The zero-order valence-electron chi connectivity index (χ0n) is 16.3. The van der Waals surface area contributed by atoms with E-state index in [9.17, 15) is 9.59 Å². The van der Waals surface area contributed by atoms with Crippen LogP contribution in [0.1, 0.15) is 30.1 Å². The topological polar surface area (TPSA) is 92.8 Å². The SMILES string of the molecule is CC(=O)Nc1ccc(Nc2cc(C(=O)N3CCC4(CC3)OCCO4)ccn2)cc1. The lowest BCUT2D eigenvalue weighted by molar-refractivity contribution is -0.181. The fourth-order valence-electron chi connectivity index (χ4n) is 3.64. The number of nitrogens with one attached hydrogen (secondary N) is 2. The van der Waals surface area contributed by atoms with Gasteiger partial charge in [-0.1, -0.05) is 0 Å². The van der Waals surface area contributed by atoms with Gasteiger partial charge in [0.1, 0.15) is 5.82 Å². The first-order chi connectivity index (χ1) is 14.0. The Morgan fingerprint density at radius 2 is 1.69 bits per heavy atom. The van der Waals surface area contributed by atoms with Gasteiger partial charge in [0.05, 0.1) is 13.2 Å². The number of piperidine rings is 1. The molecule has 0 unspecified atom stereocenters. The molecule has 2 saturated heterocycles. The maximum Gasteiger partial charge on any atom is 0.254 e. The number of likely N-dealkylation sites (tertiary alicyclic amines) is 1. The number of aromatic nitrogens is 1. The van der Waals surface area contributed by atoms with Gasteiger partial charge in [-0.3, -0.25) is 9.59 Å². The molecule has 8 heteroatoms. The molecule has 0 atom stereocenters. The quantitative estimate of drug-likeness (QED) is 0.826. The van der Waals surface area contributed by atoms with E-state index >= 15 is 0 Å². The molecule has 2 fully saturated rings. The third kappa shape index (κ3) is 4.55. The zero-order valence-corrected chi connectivity index (χ0v) is 16.3. The van der Waals surface area contributed by atoms with Crippen molar-refractivity contribution in [3.8, 4) is 0 Å². The lowest BCUT2D eigenvalue weighted by atomic mass is 10.0. The van der Waals surface area contributed by atoms with Gasteiger partial charge in [0, 0.05) is 56.0 Å². The number of carbonyl (C=O) groups excluding carboxylic acids is 2. The van der Waals surface area contributed by atoms with Crippen LogP contribution < -0.4 is 10.6 Å². The fraction of sp³-hybridized carbons (Fsp3) is 0.381. The van der Waals surface area contributed by atoms with E-state index in [4.69, 9.17) is 9.47 Å². The zero-order chi connectivity index (χ0) is 20.3. The van der Waals surface area contributed by atoms with Crippen molar-refractivity contribution in [3.05, 3.63) is 48.2 Å². The molecule has 4 rings (SSSR count). The predicted molar refractivity (Wildman–Crippen MR) is 108 cm³/mol. The molecule has 2 N–H and O–H groups in total. The highest BCUT2D eigenvalue weighted by Gasteiger charge is 2.40. The van der Waals surface area contributed by atoms with Crippen molar-refractivity contribution >= 4 is 29.0 Å². The molecule has 8 nitrogen and oxygen atoms in total. The van der Waals surface area contributed by atoms with Gasteiger partial charge in [-0.05, 0) is 36.4 Å². The third-order valence-corrected chi connectivity index (χ3v) is 5.11. The first-order valence-corrected chi connectivity index (χ1v) is 9.71. The highest BCUT2D eigenvalue weighted by Crippen LogP contribution is 2.31. The summed E-state index contributed by atoms with van der Waals surface area (Å²) < 4.78 is 11.5. The number of hydrogen-bond acceptors (Lipinski definition) is 6. The van der Waals surface area contributed by atoms with Gasteiger partial charge in [0.15, 0.2) is 5.79 Å². The van der Waals surface area contributed by atoms with Crippen LogP contribution in [0, 0.1) is 0 Å². The molecule has 1 spiro atoms. The van der Waals surface area contributed by atoms with Crippen LogP contribution in [0.4, 0.5) is 17.2 Å². The second kappa shape index (κ2) is 8.18. The minimum Gasteiger partial charge on any atom is -0.347 e. The molecular weight excluding hydrogens is 372 g/mol. The molecule has 2 aliphatic heterocycles. The number of ether oxygens (including phenoxy) is 2. The molecule has 2 amide bonds. The van der Waals surface area contributed by atoms with E-state index in [1.807, 2.05) is 17.0 Å². The molecule has 1 aromatic carbocycles. The maximum absolute atomic E-state index is 12.9. The van der Waals surface area contributed by atoms with E-state index < -0.39 is 5.79 Å². The average Bonchev–Trinajstić information content (AvgIpc) is 3.17. The van der Waals surface area contributed by atoms with Crippen LogP contribution in [0.25, 0.3) is 0 Å². The Balaban J connectivity index is 1.39. The Kier molecular flexibility index (Phi) is 5.46. The molecule has 0 saturated carbocycles. The third-order valence-electron chi connectivity index (χ3n) is 5.11. The normalized spacial score (nSPS) is 17.9. The van der Waals surface area contributed by atoms with Crippen molar-refractivity contribution < 1.29 is 19.1 Å². The van der Waals surface area contributed by atoms with Crippen molar-refractivity contribution in [3.63, 3.8) is 0 Å². The van der Waals surface area contributed by atoms with Gasteiger partial charge >= 0.3 is 0 Å². The van der Waals surface area contributed by atoms with Crippen LogP contribution in [-0.2, 0) is 14.3 Å². The summed E-state index contributed by atoms with van der Waals surface area (Å²) in [5.74, 6) is -0.0536. The minimum absolute atomic E-state index is 0.0238. The van der Waals surface area contributed by atoms with E-state index in [0.29, 0.717) is 50.5 Å². The van der Waals surface area contributed by atoms with Crippen LogP contribution in [0.5, 0.6) is 0 Å². The molecular formula is C21H24N4O4. The molecule has 3 heterocycles. The lowest BCUT2D eigenvalue weighted by Crippen LogP contribution is -2.47. The maximum atomic E-state index is 12.9. The molecule has 29 heavy (non-hydrogen) atoms. The van der Waals surface area contributed by atoms with Crippen molar-refractivity contribution in [2.24, 2.45) is 0 Å². The number of nitrogens with zero attached hydrogens (tertiary/aromatic N) is 2. The van der Waals surface area contributed by atoms with E-state index in [-0.39, 0.29) is 11.8 Å². The van der Waals surface area contributed by atoms with E-state index in [2.05, 4.69) is 15.6 Å². The van der Waals surface area contributed by atoms with Gasteiger partial charge in [-0.25, -0.2) is 4.98 Å². The first-order valence-electron chi connectivity index (χ1n) is 9.71. The standard InChI is InChI=1S/C21H24N4O4/c1-15(26)23-17-2-4-18(5-3-17)24-19-14-16(6-9-22-19)20(27)25-10-7-21(8-11-25)28-12-13-29-21/h2-6,9,14H,7-8,10-13H2,1H3,(H,22,24)(H,23,26). The Morgan fingerprint density at radius 1 is 1.03 bits per heavy atom. The summed E-state index contributed by atoms with van der Waals surface area (Å²) in [5.41, 5.74) is 2.12. The first kappa shape index (κ1) is 19.4. The predicted octanol–water partition coefficient (Wildman–Crippen LogP) is 2.76. The number of rotatable bonds is 4. The largest absolute Gasteiger partial charge is 0.347 e. The van der Waals surface area contributed by atoms with Gasteiger partial charge < -0.3 is 25.0 Å². The second-order valence-electron chi connectivity index (χ2n) is 7.21. The summed E-state index contributed by atoms with van der Waals surface area (Å²) >= 11 is 0. The van der Waals surface area contributed by atoms with Gasteiger partial charge in [0.2, 0.25) is 5.91 Å². The number of carbonyl (C=O) groups is 2. The van der Waals surface area contributed by atoms with Gasteiger partial charge in [0.25, 0.3) is 5.91 Å². The molecule has 1 aromatic heterocycles. The van der Waals surface area contributed by atoms with Gasteiger partial charge in [-0.15, -0.1) is 0 Å². The van der Waals surface area contributed by atoms with E-state index in [0.717, 1.165) is 11.4 Å². The van der Waals surface area contributed by atoms with Crippen molar-refractivity contribution in [2.75, 3.05) is 36.9 Å². The average molecular weight is 396 g/mol. The molecule has 152 valence electrons. The highest BCUT2D eigenvalue weighted by molar-refractivity contribution is 5.95. The van der Waals surface area contributed by atoms with Crippen molar-refractivity contribution in [1.82, 2.24) is 9.88 Å². The lowest BCUT2D eigenvalue weighted by Gasteiger charge is -2.37. The van der Waals surface area contributed by atoms with Crippen LogP contribution in [0.2, 0.25) is 0 Å². The van der Waals surface area contributed by atoms with E-state index in [1.54, 1.807) is 30.5 Å². The number of anilines is 3. The second-order valence-corrected chi connectivity index (χ2v) is 7.21. The minimum atomic E-state index is -0.495. The molecule has 2 aliphatic rings. The smallest absolute Gasteiger partial charge is 0.254 e. The summed E-state index contributed by atoms with van der Waals surface area (Å²) in [5, 5.41) is 5.91. The van der Waals surface area contributed by atoms with E-state index in [1.165, 1.54) is 6.92 Å². The Bertz CT molecular complexity index is 884. The van der Waals surface area contributed by atoms with Crippen LogP contribution in [-0.4, -0.2) is 53.8 Å². The highest BCUT2D eigenvalue weighted by atomic mass is 16.7. The number of benzene rings is 1. The Hall–Kier alpha value is -2.97. The summed E-state index contributed by atoms with van der Waals surface area (Å²) in [6.07, 6.45) is 3.00. The molecule has 2 aromatic rings. The summed E-state index contributed by atoms with van der Waals surface area (Å²) in [6.45, 7) is 3.93. The van der Waals surface area contributed by atoms with Crippen LogP contribution in [0.15, 0.2) is 42.6 Å². The molecule has 0 radical (unpaired) electrons. The summed E-state index contributed by atoms with van der Waals surface area (Å²) in [7, 11) is 0. The van der Waals surface area contributed by atoms with Crippen LogP contribution >= 0.6 is 0 Å². The number of hydrogen-bond donors (Lipinski definition) is 2.